The Balaban J connectivity index is 1.85. The number of hydrogen-bond donors (Lipinski definition) is 3. The van der Waals surface area contributed by atoms with Crippen LogP contribution < -0.4 is 0 Å². The molecule has 2 aliphatic rings. The summed E-state index contributed by atoms with van der Waals surface area (Å²) >= 11 is 0. The summed E-state index contributed by atoms with van der Waals surface area (Å²) in [4.78, 5) is 16.2. The molecule has 0 aliphatic carbocycles. The van der Waals surface area contributed by atoms with Crippen LogP contribution in [0, 0.1) is 0 Å². The molecule has 0 amide bonds. The van der Waals surface area contributed by atoms with E-state index in [1.165, 1.54) is 0 Å². The van der Waals surface area contributed by atoms with Gasteiger partial charge < -0.3 is 15.1 Å². The second-order valence-corrected chi connectivity index (χ2v) is 7.11. The van der Waals surface area contributed by atoms with Crippen molar-refractivity contribution in [2.45, 2.75) is 25.9 Å². The van der Waals surface area contributed by atoms with Crippen LogP contribution in [0.3, 0.4) is 0 Å². The van der Waals surface area contributed by atoms with E-state index in [9.17, 15) is 5.11 Å². The van der Waals surface area contributed by atoms with E-state index in [0.29, 0.717) is 0 Å². The summed E-state index contributed by atoms with van der Waals surface area (Å²) in [5.41, 5.74) is 8.62. The van der Waals surface area contributed by atoms with Crippen molar-refractivity contribution >= 4 is 34.2 Å². The van der Waals surface area contributed by atoms with Gasteiger partial charge in [-0.25, -0.2) is 4.98 Å². The van der Waals surface area contributed by atoms with Crippen molar-refractivity contribution < 1.29 is 5.11 Å². The first-order valence-electron chi connectivity index (χ1n) is 9.18. The van der Waals surface area contributed by atoms with Crippen molar-refractivity contribution in [2.24, 2.45) is 0 Å². The number of aryl methyl sites for hydroxylation is 2. The van der Waals surface area contributed by atoms with Gasteiger partial charge in [-0.15, -0.1) is 0 Å². The number of H-pyrrole nitrogens is 2. The fraction of sp³-hybridized carbons (Fsp3) is 0.182. The second kappa shape index (κ2) is 6.21. The van der Waals surface area contributed by atoms with E-state index in [2.05, 4.69) is 39.2 Å². The van der Waals surface area contributed by atoms with Gasteiger partial charge in [0.05, 0.1) is 17.5 Å². The smallest absolute Gasteiger partial charge is 0.0782 e. The van der Waals surface area contributed by atoms with Crippen LogP contribution in [0.4, 0.5) is 0 Å². The van der Waals surface area contributed by atoms with Crippen molar-refractivity contribution in [1.29, 1.82) is 0 Å². The standard InChI is InChI=1S/C22H20N4O/c1-13(27)21-11-20-10-18-5-4-16(24-18)8-14-2-3-15(23-14)9-17-6-7-19(25-17)12-22(21)26-20/h2-3,6-13,23,26-27H,4-5H2,1H3. The third-order valence-corrected chi connectivity index (χ3v) is 4.93. The van der Waals surface area contributed by atoms with E-state index in [0.717, 1.165) is 63.2 Å². The SMILES string of the molecule is CC(O)c1cc2cc3nc(cc4ccc(cc5nc(cc1[nH]2)C=C5)[nH]4)CC3. The van der Waals surface area contributed by atoms with Crippen LogP contribution in [0.15, 0.2) is 42.5 Å². The third-order valence-electron chi connectivity index (χ3n) is 4.93. The molecule has 5 heterocycles. The number of aromatic nitrogens is 4. The molecule has 1 atom stereocenters. The number of aliphatic hydroxyl groups is 1. The van der Waals surface area contributed by atoms with Crippen molar-refractivity contribution in [3.63, 3.8) is 0 Å². The Kier molecular flexibility index (Phi) is 3.69. The molecular weight excluding hydrogens is 336 g/mol. The highest BCUT2D eigenvalue weighted by molar-refractivity contribution is 5.76. The van der Waals surface area contributed by atoms with Gasteiger partial charge in [0.25, 0.3) is 0 Å². The Labute approximate surface area is 156 Å². The molecule has 2 aliphatic heterocycles. The van der Waals surface area contributed by atoms with E-state index >= 15 is 0 Å². The van der Waals surface area contributed by atoms with Crippen LogP contribution in [-0.4, -0.2) is 25.0 Å². The number of nitrogens with one attached hydrogen (secondary N) is 2. The molecule has 5 heteroatoms. The molecule has 27 heavy (non-hydrogen) atoms. The van der Waals surface area contributed by atoms with Crippen LogP contribution in [0.25, 0.3) is 34.2 Å². The van der Waals surface area contributed by atoms with E-state index in [1.54, 1.807) is 6.92 Å². The lowest BCUT2D eigenvalue weighted by Gasteiger charge is -1.99. The largest absolute Gasteiger partial charge is 0.389 e. The normalized spacial score (nSPS) is 14.4. The number of rotatable bonds is 1. The van der Waals surface area contributed by atoms with Gasteiger partial charge in [0.1, 0.15) is 0 Å². The van der Waals surface area contributed by atoms with E-state index in [1.807, 2.05) is 30.4 Å². The van der Waals surface area contributed by atoms with Gasteiger partial charge in [0.15, 0.2) is 0 Å². The highest BCUT2D eigenvalue weighted by Gasteiger charge is 2.10. The van der Waals surface area contributed by atoms with Crippen LogP contribution >= 0.6 is 0 Å². The minimum absolute atomic E-state index is 0.560. The predicted octanol–water partition coefficient (Wildman–Crippen LogP) is 4.32. The summed E-state index contributed by atoms with van der Waals surface area (Å²) in [5, 5.41) is 10.2. The van der Waals surface area contributed by atoms with Gasteiger partial charge in [-0.3, -0.25) is 4.98 Å². The Morgan fingerprint density at radius 1 is 0.815 bits per heavy atom. The summed E-state index contributed by atoms with van der Waals surface area (Å²) in [6.07, 6.45) is 5.27. The van der Waals surface area contributed by atoms with Crippen LogP contribution in [0.2, 0.25) is 0 Å². The quantitative estimate of drug-likeness (QED) is 0.475. The zero-order valence-corrected chi connectivity index (χ0v) is 15.0. The molecule has 0 fully saturated rings. The number of hydrogen-bond acceptors (Lipinski definition) is 3. The molecule has 5 rings (SSSR count). The van der Waals surface area contributed by atoms with Crippen molar-refractivity contribution in [3.8, 4) is 0 Å². The first kappa shape index (κ1) is 16.0. The van der Waals surface area contributed by atoms with Crippen LogP contribution in [0.5, 0.6) is 0 Å². The summed E-state index contributed by atoms with van der Waals surface area (Å²) in [5.74, 6) is 0. The maximum absolute atomic E-state index is 10.2. The van der Waals surface area contributed by atoms with E-state index in [4.69, 9.17) is 4.98 Å². The summed E-state index contributed by atoms with van der Waals surface area (Å²) in [6.45, 7) is 1.78. The monoisotopic (exact) mass is 356 g/mol. The molecule has 0 aromatic carbocycles. The molecule has 3 aromatic rings. The molecule has 0 saturated heterocycles. The third kappa shape index (κ3) is 3.17. The van der Waals surface area contributed by atoms with E-state index < -0.39 is 6.10 Å². The maximum Gasteiger partial charge on any atom is 0.0782 e. The van der Waals surface area contributed by atoms with E-state index in [-0.39, 0.29) is 0 Å². The maximum atomic E-state index is 10.2. The lowest BCUT2D eigenvalue weighted by molar-refractivity contribution is 0.201. The molecule has 0 spiro atoms. The zero-order valence-electron chi connectivity index (χ0n) is 15.0. The van der Waals surface area contributed by atoms with Gasteiger partial charge in [-0.2, -0.15) is 0 Å². The molecule has 5 nitrogen and oxygen atoms in total. The average Bonchev–Trinajstić information content (AvgIpc) is 3.38. The summed E-state index contributed by atoms with van der Waals surface area (Å²) in [7, 11) is 0. The Hall–Kier alpha value is -3.18. The highest BCUT2D eigenvalue weighted by Crippen LogP contribution is 2.23. The minimum atomic E-state index is -0.560. The van der Waals surface area contributed by atoms with Crippen molar-refractivity contribution in [3.05, 3.63) is 70.8 Å². The van der Waals surface area contributed by atoms with Gasteiger partial charge >= 0.3 is 0 Å². The first-order chi connectivity index (χ1) is 13.1. The molecule has 3 aromatic heterocycles. The zero-order chi connectivity index (χ0) is 18.4. The number of aliphatic hydroxyl groups excluding tert-OH is 1. The average molecular weight is 356 g/mol. The minimum Gasteiger partial charge on any atom is -0.389 e. The molecule has 3 N–H and O–H groups in total. The Bertz CT molecular complexity index is 1210. The van der Waals surface area contributed by atoms with Crippen molar-refractivity contribution in [2.75, 3.05) is 0 Å². The topological polar surface area (TPSA) is 77.6 Å². The van der Waals surface area contributed by atoms with Crippen LogP contribution in [-0.2, 0) is 12.8 Å². The van der Waals surface area contributed by atoms with Gasteiger partial charge in [0, 0.05) is 39.0 Å². The lowest BCUT2D eigenvalue weighted by atomic mass is 10.1. The fourth-order valence-electron chi connectivity index (χ4n) is 3.63. The number of aromatic amines is 2. The lowest BCUT2D eigenvalue weighted by Crippen LogP contribution is -1.88. The predicted molar refractivity (Wildman–Crippen MR) is 108 cm³/mol. The molecule has 134 valence electrons. The number of nitrogens with zero attached hydrogens (tertiary/aromatic N) is 2. The number of fused-ring (bicyclic) bond motifs is 8. The van der Waals surface area contributed by atoms with Crippen LogP contribution in [0.1, 0.15) is 41.4 Å². The Morgan fingerprint density at radius 3 is 2.22 bits per heavy atom. The van der Waals surface area contributed by atoms with Gasteiger partial charge in [-0.05, 0) is 74.4 Å². The molecular formula is C22H20N4O. The first-order valence-corrected chi connectivity index (χ1v) is 9.18. The molecule has 8 bridgehead atoms. The Morgan fingerprint density at radius 2 is 1.48 bits per heavy atom. The van der Waals surface area contributed by atoms with Gasteiger partial charge in [-0.1, -0.05) is 0 Å². The second-order valence-electron chi connectivity index (χ2n) is 7.11. The highest BCUT2D eigenvalue weighted by atomic mass is 16.3. The molecule has 0 radical (unpaired) electrons. The molecule has 1 unspecified atom stereocenters. The molecule has 0 saturated carbocycles. The van der Waals surface area contributed by atoms with Crippen molar-refractivity contribution in [1.82, 2.24) is 19.9 Å². The fourth-order valence-corrected chi connectivity index (χ4v) is 3.63. The summed E-state index contributed by atoms with van der Waals surface area (Å²) in [6, 6.07) is 14.3. The van der Waals surface area contributed by atoms with Gasteiger partial charge in [0.2, 0.25) is 0 Å². The summed E-state index contributed by atoms with van der Waals surface area (Å²) < 4.78 is 0.